The maximum Gasteiger partial charge on any atom is 0.192 e. The molecule has 3 aromatic rings. The lowest BCUT2D eigenvalue weighted by Crippen LogP contribution is -2.01. The van der Waals surface area contributed by atoms with Crippen LogP contribution in [0.4, 0.5) is 0 Å². The lowest BCUT2D eigenvalue weighted by atomic mass is 10.2. The van der Waals surface area contributed by atoms with Crippen molar-refractivity contribution in [2.24, 2.45) is 0 Å². The van der Waals surface area contributed by atoms with Crippen LogP contribution in [0.15, 0.2) is 66.6 Å². The maximum atomic E-state index is 6.21. The van der Waals surface area contributed by atoms with Gasteiger partial charge in [-0.05, 0) is 23.8 Å². The second-order valence-corrected chi connectivity index (χ2v) is 6.18. The van der Waals surface area contributed by atoms with Crippen LogP contribution in [0, 0.1) is 0 Å². The summed E-state index contributed by atoms with van der Waals surface area (Å²) in [4.78, 5) is 4.15. The first-order valence-corrected chi connectivity index (χ1v) is 8.46. The summed E-state index contributed by atoms with van der Waals surface area (Å²) >= 11 is 7.82. The van der Waals surface area contributed by atoms with Crippen LogP contribution in [0.5, 0.6) is 0 Å². The van der Waals surface area contributed by atoms with Gasteiger partial charge in [0.2, 0.25) is 0 Å². The number of hydrogen-bond donors (Lipinski definition) is 0. The molecule has 6 heteroatoms. The van der Waals surface area contributed by atoms with Crippen molar-refractivity contribution in [2.75, 3.05) is 0 Å². The molecule has 2 heterocycles. The Morgan fingerprint density at radius 1 is 1.17 bits per heavy atom. The fraction of sp³-hybridized carbons (Fsp3) is 0.118. The van der Waals surface area contributed by atoms with Gasteiger partial charge in [0.15, 0.2) is 11.0 Å². The molecule has 0 spiro atoms. The molecule has 4 nitrogen and oxygen atoms in total. The van der Waals surface area contributed by atoms with Crippen molar-refractivity contribution >= 4 is 23.4 Å². The van der Waals surface area contributed by atoms with Gasteiger partial charge in [0.1, 0.15) is 0 Å². The normalized spacial score (nSPS) is 10.7. The third-order valence-corrected chi connectivity index (χ3v) is 4.65. The predicted octanol–water partition coefficient (Wildman–Crippen LogP) is 4.47. The largest absolute Gasteiger partial charge is 0.298 e. The number of halogens is 1. The SMILES string of the molecule is C=CCn1c(SCc2ccccc2Cl)nnc1-c1cccnc1. The Bertz CT molecular complexity index is 801. The van der Waals surface area contributed by atoms with E-state index in [-0.39, 0.29) is 0 Å². The van der Waals surface area contributed by atoms with Gasteiger partial charge in [-0.2, -0.15) is 0 Å². The predicted molar refractivity (Wildman–Crippen MR) is 94.5 cm³/mol. The molecular formula is C17H15ClN4S. The molecule has 3 rings (SSSR count). The zero-order valence-electron chi connectivity index (χ0n) is 12.4. The summed E-state index contributed by atoms with van der Waals surface area (Å²) in [5.74, 6) is 1.53. The van der Waals surface area contributed by atoms with E-state index >= 15 is 0 Å². The summed E-state index contributed by atoms with van der Waals surface area (Å²) in [7, 11) is 0. The zero-order chi connectivity index (χ0) is 16.1. The lowest BCUT2D eigenvalue weighted by Gasteiger charge is -2.08. The van der Waals surface area contributed by atoms with Gasteiger partial charge in [0.25, 0.3) is 0 Å². The third kappa shape index (κ3) is 3.63. The quantitative estimate of drug-likeness (QED) is 0.489. The van der Waals surface area contributed by atoms with Gasteiger partial charge in [0, 0.05) is 35.3 Å². The van der Waals surface area contributed by atoms with Crippen molar-refractivity contribution in [3.05, 3.63) is 72.0 Å². The lowest BCUT2D eigenvalue weighted by molar-refractivity contribution is 0.731. The number of pyridine rings is 1. The first kappa shape index (κ1) is 15.8. The Hall–Kier alpha value is -2.11. The molecule has 0 N–H and O–H groups in total. The fourth-order valence-corrected chi connectivity index (χ4v) is 3.39. The Morgan fingerprint density at radius 2 is 2.04 bits per heavy atom. The molecule has 0 aliphatic heterocycles. The van der Waals surface area contributed by atoms with Gasteiger partial charge in [-0.3, -0.25) is 9.55 Å². The van der Waals surface area contributed by atoms with Gasteiger partial charge in [-0.1, -0.05) is 47.6 Å². The van der Waals surface area contributed by atoms with Crippen LogP contribution in [-0.4, -0.2) is 19.7 Å². The molecule has 23 heavy (non-hydrogen) atoms. The fourth-order valence-electron chi connectivity index (χ4n) is 2.16. The molecule has 0 atom stereocenters. The van der Waals surface area contributed by atoms with Gasteiger partial charge < -0.3 is 0 Å². The second kappa shape index (κ2) is 7.44. The molecule has 0 radical (unpaired) electrons. The number of rotatable bonds is 6. The van der Waals surface area contributed by atoms with Crippen molar-refractivity contribution in [1.82, 2.24) is 19.7 Å². The molecule has 0 aliphatic rings. The van der Waals surface area contributed by atoms with Crippen LogP contribution < -0.4 is 0 Å². The van der Waals surface area contributed by atoms with Gasteiger partial charge in [-0.25, -0.2) is 0 Å². The third-order valence-electron chi connectivity index (χ3n) is 3.26. The van der Waals surface area contributed by atoms with E-state index in [0.717, 1.165) is 32.9 Å². The van der Waals surface area contributed by atoms with Crippen molar-refractivity contribution in [3.8, 4) is 11.4 Å². The zero-order valence-corrected chi connectivity index (χ0v) is 14.0. The second-order valence-electron chi connectivity index (χ2n) is 4.83. The first-order valence-electron chi connectivity index (χ1n) is 7.10. The summed E-state index contributed by atoms with van der Waals surface area (Å²) in [5, 5.41) is 10.2. The van der Waals surface area contributed by atoms with E-state index < -0.39 is 0 Å². The number of nitrogens with zero attached hydrogens (tertiary/aromatic N) is 4. The highest BCUT2D eigenvalue weighted by atomic mass is 35.5. The average molecular weight is 343 g/mol. The summed E-state index contributed by atoms with van der Waals surface area (Å²) in [6, 6.07) is 11.7. The smallest absolute Gasteiger partial charge is 0.192 e. The highest BCUT2D eigenvalue weighted by Gasteiger charge is 2.14. The van der Waals surface area contributed by atoms with Crippen LogP contribution in [-0.2, 0) is 12.3 Å². The summed E-state index contributed by atoms with van der Waals surface area (Å²) in [5.41, 5.74) is 2.02. The number of thioether (sulfide) groups is 1. The van der Waals surface area contributed by atoms with E-state index in [0.29, 0.717) is 6.54 Å². The molecule has 0 saturated heterocycles. The van der Waals surface area contributed by atoms with Crippen LogP contribution in [0.2, 0.25) is 5.02 Å². The molecule has 1 aromatic carbocycles. The van der Waals surface area contributed by atoms with E-state index in [1.165, 1.54) is 0 Å². The summed E-state index contributed by atoms with van der Waals surface area (Å²) < 4.78 is 2.03. The van der Waals surface area contributed by atoms with E-state index in [1.54, 1.807) is 24.2 Å². The van der Waals surface area contributed by atoms with Crippen LogP contribution in [0.1, 0.15) is 5.56 Å². The first-order chi connectivity index (χ1) is 11.3. The minimum atomic E-state index is 0.641. The molecule has 2 aromatic heterocycles. The van der Waals surface area contributed by atoms with Crippen molar-refractivity contribution in [1.29, 1.82) is 0 Å². The van der Waals surface area contributed by atoms with E-state index in [1.807, 2.05) is 47.0 Å². The number of allylic oxidation sites excluding steroid dienone is 1. The van der Waals surface area contributed by atoms with Gasteiger partial charge in [-0.15, -0.1) is 16.8 Å². The summed E-state index contributed by atoms with van der Waals surface area (Å²) in [6.45, 7) is 4.46. The number of aromatic nitrogens is 4. The van der Waals surface area contributed by atoms with Crippen LogP contribution in [0.3, 0.4) is 0 Å². The molecule has 0 bridgehead atoms. The molecule has 0 saturated carbocycles. The minimum absolute atomic E-state index is 0.641. The van der Waals surface area contributed by atoms with Gasteiger partial charge in [0.05, 0.1) is 0 Å². The van der Waals surface area contributed by atoms with E-state index in [9.17, 15) is 0 Å². The maximum absolute atomic E-state index is 6.21. The monoisotopic (exact) mass is 342 g/mol. The Balaban J connectivity index is 1.86. The molecule has 0 aliphatic carbocycles. The molecule has 0 unspecified atom stereocenters. The summed E-state index contributed by atoms with van der Waals surface area (Å²) in [6.07, 6.45) is 5.36. The number of benzene rings is 1. The topological polar surface area (TPSA) is 43.6 Å². The van der Waals surface area contributed by atoms with Crippen molar-refractivity contribution < 1.29 is 0 Å². The highest BCUT2D eigenvalue weighted by Crippen LogP contribution is 2.28. The van der Waals surface area contributed by atoms with E-state index in [4.69, 9.17) is 11.6 Å². The van der Waals surface area contributed by atoms with E-state index in [2.05, 4.69) is 21.8 Å². The molecule has 0 amide bonds. The molecule has 0 fully saturated rings. The Labute approximate surface area is 144 Å². The standard InChI is InChI=1S/C17H15ClN4S/c1-2-10-22-16(13-7-5-9-19-11-13)20-21-17(22)23-12-14-6-3-4-8-15(14)18/h2-9,11H,1,10,12H2. The molecular weight excluding hydrogens is 328 g/mol. The van der Waals surface area contributed by atoms with Crippen LogP contribution in [0.25, 0.3) is 11.4 Å². The van der Waals surface area contributed by atoms with Crippen molar-refractivity contribution in [3.63, 3.8) is 0 Å². The highest BCUT2D eigenvalue weighted by molar-refractivity contribution is 7.98. The average Bonchev–Trinajstić information content (AvgIpc) is 2.98. The van der Waals surface area contributed by atoms with Crippen LogP contribution >= 0.6 is 23.4 Å². The Kier molecular flexibility index (Phi) is 5.10. The molecule has 116 valence electrons. The van der Waals surface area contributed by atoms with Gasteiger partial charge >= 0.3 is 0 Å². The number of hydrogen-bond acceptors (Lipinski definition) is 4. The minimum Gasteiger partial charge on any atom is -0.298 e. The Morgan fingerprint density at radius 3 is 2.78 bits per heavy atom. The van der Waals surface area contributed by atoms with Crippen molar-refractivity contribution in [2.45, 2.75) is 17.5 Å².